The average molecular weight is 411 g/mol. The Morgan fingerprint density at radius 2 is 1.93 bits per heavy atom. The fourth-order valence-corrected chi connectivity index (χ4v) is 4.55. The smallest absolute Gasteiger partial charge is 0.268 e. The van der Waals surface area contributed by atoms with E-state index in [1.807, 2.05) is 0 Å². The standard InChI is InChI=1S/C14H16F2.C9H7N3O2/c1-8-12(4-5-13(15)14(8)16)10-3-2-9-6-11(9)7-10;10-9(14)8-7-5(1-3-12-8)11-4-2-6(7)13/h4-5,9-11H,2-3,6-7H2,1H3;1-4H,(H2,10,14)(H,11,13). The lowest BCUT2D eigenvalue weighted by Crippen LogP contribution is -2.17. The molecule has 5 rings (SSSR count). The Kier molecular flexibility index (Phi) is 5.37. The van der Waals surface area contributed by atoms with Crippen molar-refractivity contribution in [1.29, 1.82) is 0 Å². The molecule has 2 saturated carbocycles. The number of aromatic amines is 1. The number of fused-ring (bicyclic) bond motifs is 2. The van der Waals surface area contributed by atoms with Crippen LogP contribution in [-0.2, 0) is 0 Å². The number of carbonyl (C=O) groups is 1. The fourth-order valence-electron chi connectivity index (χ4n) is 4.55. The van der Waals surface area contributed by atoms with Gasteiger partial charge in [0.1, 0.15) is 5.69 Å². The highest BCUT2D eigenvalue weighted by atomic mass is 19.2. The first kappa shape index (κ1) is 20.2. The van der Waals surface area contributed by atoms with Crippen LogP contribution in [0.15, 0.2) is 41.5 Å². The predicted octanol–water partition coefficient (Wildman–Crippen LogP) is 4.20. The zero-order valence-electron chi connectivity index (χ0n) is 16.6. The van der Waals surface area contributed by atoms with Gasteiger partial charge in [-0.2, -0.15) is 0 Å². The van der Waals surface area contributed by atoms with Crippen LogP contribution < -0.4 is 11.2 Å². The van der Waals surface area contributed by atoms with Crippen molar-refractivity contribution in [3.05, 3.63) is 75.3 Å². The highest BCUT2D eigenvalue weighted by Crippen LogP contribution is 2.54. The Balaban J connectivity index is 0.000000147. The maximum Gasteiger partial charge on any atom is 0.268 e. The molecule has 1 aromatic carbocycles. The van der Waals surface area contributed by atoms with Gasteiger partial charge in [0, 0.05) is 18.5 Å². The first-order valence-electron chi connectivity index (χ1n) is 10.1. The van der Waals surface area contributed by atoms with Crippen LogP contribution in [0.2, 0.25) is 0 Å². The van der Waals surface area contributed by atoms with Crippen molar-refractivity contribution in [1.82, 2.24) is 9.97 Å². The Hall–Kier alpha value is -3.09. The van der Waals surface area contributed by atoms with Gasteiger partial charge < -0.3 is 10.7 Å². The minimum absolute atomic E-state index is 0.00403. The van der Waals surface area contributed by atoms with Gasteiger partial charge >= 0.3 is 0 Å². The number of rotatable bonds is 2. The highest BCUT2D eigenvalue weighted by molar-refractivity contribution is 6.03. The first-order valence-corrected chi connectivity index (χ1v) is 10.1. The van der Waals surface area contributed by atoms with Crippen LogP contribution in [0.1, 0.15) is 53.2 Å². The number of hydrogen-bond acceptors (Lipinski definition) is 3. The maximum atomic E-state index is 13.5. The molecule has 2 heterocycles. The van der Waals surface area contributed by atoms with Crippen molar-refractivity contribution in [2.45, 2.75) is 38.5 Å². The molecule has 2 aliphatic rings. The second-order valence-electron chi connectivity index (χ2n) is 8.13. The average Bonchev–Trinajstić information content (AvgIpc) is 3.51. The summed E-state index contributed by atoms with van der Waals surface area (Å²) in [5, 5.41) is 0.238. The number of aromatic nitrogens is 2. The fraction of sp³-hybridized carbons (Fsp3) is 0.348. The van der Waals surface area contributed by atoms with Crippen molar-refractivity contribution in [2.24, 2.45) is 17.6 Å². The number of H-pyrrole nitrogens is 1. The summed E-state index contributed by atoms with van der Waals surface area (Å²) in [6, 6.07) is 6.00. The van der Waals surface area contributed by atoms with Gasteiger partial charge in [0.15, 0.2) is 17.1 Å². The zero-order valence-corrected chi connectivity index (χ0v) is 16.6. The third-order valence-electron chi connectivity index (χ3n) is 6.27. The van der Waals surface area contributed by atoms with E-state index in [2.05, 4.69) is 9.97 Å². The van der Waals surface area contributed by atoms with E-state index in [1.54, 1.807) is 19.1 Å². The molecule has 1 amide bonds. The topological polar surface area (TPSA) is 88.8 Å². The first-order chi connectivity index (χ1) is 14.4. The molecule has 0 bridgehead atoms. The molecule has 2 aromatic heterocycles. The SMILES string of the molecule is Cc1c(C2CCC3CC3C2)ccc(F)c1F.NC(=O)c1nccc2[nH]ccc(=O)c12. The zero-order chi connectivity index (χ0) is 21.4. The number of carbonyl (C=O) groups excluding carboxylic acids is 1. The van der Waals surface area contributed by atoms with Crippen LogP contribution in [0.4, 0.5) is 8.78 Å². The van der Waals surface area contributed by atoms with Crippen LogP contribution in [0, 0.1) is 30.4 Å². The number of halogens is 2. The largest absolute Gasteiger partial charge is 0.364 e. The minimum Gasteiger partial charge on any atom is -0.364 e. The van der Waals surface area contributed by atoms with Crippen LogP contribution in [0.5, 0.6) is 0 Å². The second-order valence-corrected chi connectivity index (χ2v) is 8.13. The van der Waals surface area contributed by atoms with Gasteiger partial charge in [0.2, 0.25) is 0 Å². The number of benzene rings is 1. The van der Waals surface area contributed by atoms with Crippen molar-refractivity contribution in [3.8, 4) is 0 Å². The van der Waals surface area contributed by atoms with Gasteiger partial charge in [0.25, 0.3) is 5.91 Å². The molecular weight excluding hydrogens is 388 g/mol. The molecule has 0 spiro atoms. The lowest BCUT2D eigenvalue weighted by atomic mass is 9.82. The van der Waals surface area contributed by atoms with E-state index in [9.17, 15) is 18.4 Å². The summed E-state index contributed by atoms with van der Waals surface area (Å²) >= 11 is 0. The van der Waals surface area contributed by atoms with Crippen molar-refractivity contribution in [3.63, 3.8) is 0 Å². The van der Waals surface area contributed by atoms with Gasteiger partial charge in [-0.1, -0.05) is 6.07 Å². The third kappa shape index (κ3) is 3.84. The quantitative estimate of drug-likeness (QED) is 0.662. The monoisotopic (exact) mass is 411 g/mol. The second kappa shape index (κ2) is 7.97. The molecule has 2 aliphatic carbocycles. The van der Waals surface area contributed by atoms with Crippen LogP contribution in [-0.4, -0.2) is 15.9 Å². The Morgan fingerprint density at radius 1 is 1.13 bits per heavy atom. The molecule has 156 valence electrons. The van der Waals surface area contributed by atoms with Crippen LogP contribution in [0.3, 0.4) is 0 Å². The van der Waals surface area contributed by atoms with Crippen molar-refractivity contribution >= 4 is 16.8 Å². The van der Waals surface area contributed by atoms with E-state index in [1.165, 1.54) is 43.8 Å². The summed E-state index contributed by atoms with van der Waals surface area (Å²) in [5.41, 5.74) is 6.94. The number of pyridine rings is 2. The van der Waals surface area contributed by atoms with Gasteiger partial charge in [-0.25, -0.2) is 8.78 Å². The molecule has 3 atom stereocenters. The van der Waals surface area contributed by atoms with Gasteiger partial charge in [-0.15, -0.1) is 0 Å². The van der Waals surface area contributed by atoms with E-state index in [0.717, 1.165) is 23.8 Å². The molecule has 3 unspecified atom stereocenters. The highest BCUT2D eigenvalue weighted by Gasteiger charge is 2.42. The van der Waals surface area contributed by atoms with E-state index < -0.39 is 17.5 Å². The maximum absolute atomic E-state index is 13.5. The summed E-state index contributed by atoms with van der Waals surface area (Å²) in [5.74, 6) is 0.191. The van der Waals surface area contributed by atoms with E-state index in [-0.39, 0.29) is 16.5 Å². The summed E-state index contributed by atoms with van der Waals surface area (Å²) in [7, 11) is 0. The molecule has 0 radical (unpaired) electrons. The number of nitrogens with one attached hydrogen (secondary N) is 1. The summed E-state index contributed by atoms with van der Waals surface area (Å²) in [6.07, 6.45) is 7.89. The van der Waals surface area contributed by atoms with E-state index in [4.69, 9.17) is 5.73 Å². The van der Waals surface area contributed by atoms with Gasteiger partial charge in [-0.05, 0) is 73.6 Å². The normalized spacial score (nSPS) is 22.0. The van der Waals surface area contributed by atoms with Crippen LogP contribution >= 0.6 is 0 Å². The number of hydrogen-bond donors (Lipinski definition) is 2. The molecule has 0 aliphatic heterocycles. The molecule has 2 fully saturated rings. The molecule has 0 saturated heterocycles. The predicted molar refractivity (Wildman–Crippen MR) is 110 cm³/mol. The summed E-state index contributed by atoms with van der Waals surface area (Å²) < 4.78 is 26.5. The van der Waals surface area contributed by atoms with Crippen LogP contribution in [0.25, 0.3) is 10.9 Å². The Labute approximate surface area is 172 Å². The number of nitrogens with two attached hydrogens (primary N) is 1. The number of nitrogens with zero attached hydrogens (tertiary/aromatic N) is 1. The minimum atomic E-state index is -0.721. The lowest BCUT2D eigenvalue weighted by Gasteiger charge is -2.23. The Bertz CT molecular complexity index is 1170. The molecular formula is C23H23F2N3O2. The van der Waals surface area contributed by atoms with E-state index in [0.29, 0.717) is 17.0 Å². The summed E-state index contributed by atoms with van der Waals surface area (Å²) in [4.78, 5) is 29.0. The summed E-state index contributed by atoms with van der Waals surface area (Å²) in [6.45, 7) is 1.70. The molecule has 7 heteroatoms. The third-order valence-corrected chi connectivity index (χ3v) is 6.27. The lowest BCUT2D eigenvalue weighted by molar-refractivity contribution is 0.0997. The van der Waals surface area contributed by atoms with Gasteiger partial charge in [-0.3, -0.25) is 14.6 Å². The van der Waals surface area contributed by atoms with E-state index >= 15 is 0 Å². The molecule has 5 nitrogen and oxygen atoms in total. The Morgan fingerprint density at radius 3 is 2.67 bits per heavy atom. The van der Waals surface area contributed by atoms with Crippen molar-refractivity contribution < 1.29 is 13.6 Å². The van der Waals surface area contributed by atoms with Crippen molar-refractivity contribution in [2.75, 3.05) is 0 Å². The number of primary amides is 1. The molecule has 3 N–H and O–H groups in total. The van der Waals surface area contributed by atoms with Gasteiger partial charge in [0.05, 0.1) is 10.9 Å². The molecule has 30 heavy (non-hydrogen) atoms. The number of amides is 1. The molecule has 3 aromatic rings.